The minimum absolute atomic E-state index is 0.298. The number of ether oxygens (including phenoxy) is 2. The van der Waals surface area contributed by atoms with Gasteiger partial charge in [0.05, 0.1) is 18.9 Å². The van der Waals surface area contributed by atoms with Gasteiger partial charge in [0.1, 0.15) is 17.3 Å². The predicted octanol–water partition coefficient (Wildman–Crippen LogP) is 4.63. The van der Waals surface area contributed by atoms with Crippen LogP contribution in [0.15, 0.2) is 53.7 Å². The first-order valence-corrected chi connectivity index (χ1v) is 13.0. The molecule has 0 unspecified atom stereocenters. The summed E-state index contributed by atoms with van der Waals surface area (Å²) in [5.74, 6) is 3.43. The molecule has 0 amide bonds. The lowest BCUT2D eigenvalue weighted by molar-refractivity contribution is 0.129. The van der Waals surface area contributed by atoms with E-state index in [4.69, 9.17) is 14.6 Å². The fourth-order valence-electron chi connectivity index (χ4n) is 4.78. The van der Waals surface area contributed by atoms with Crippen LogP contribution in [0.2, 0.25) is 0 Å². The lowest BCUT2D eigenvalue weighted by atomic mass is 9.95. The summed E-state index contributed by atoms with van der Waals surface area (Å²) >= 11 is 1.73. The third kappa shape index (κ3) is 5.40. The number of likely N-dealkylation sites (tertiary alicyclic amines) is 1. The maximum atomic E-state index is 9.53. The molecule has 0 spiro atoms. The van der Waals surface area contributed by atoms with Gasteiger partial charge in [0.25, 0.3) is 0 Å². The molecule has 1 atom stereocenters. The molecule has 3 aromatic rings. The van der Waals surface area contributed by atoms with E-state index in [0.29, 0.717) is 17.8 Å². The van der Waals surface area contributed by atoms with Crippen LogP contribution in [0.5, 0.6) is 11.5 Å². The molecule has 0 aliphatic carbocycles. The number of nitrogens with zero attached hydrogens (tertiary/aromatic N) is 4. The Labute approximate surface area is 205 Å². The average Bonchev–Trinajstić information content (AvgIpc) is 3.55. The predicted molar refractivity (Wildman–Crippen MR) is 133 cm³/mol. The number of methoxy groups -OCH3 is 1. The number of hydrogen-bond acceptors (Lipinski definition) is 7. The van der Waals surface area contributed by atoms with Crippen molar-refractivity contribution >= 4 is 11.8 Å². The number of thioether (sulfide) groups is 1. The number of aromatic nitrogens is 3. The summed E-state index contributed by atoms with van der Waals surface area (Å²) in [6, 6.07) is 15.7. The summed E-state index contributed by atoms with van der Waals surface area (Å²) in [7, 11) is 1.70. The highest BCUT2D eigenvalue weighted by Crippen LogP contribution is 2.34. The van der Waals surface area contributed by atoms with Crippen molar-refractivity contribution in [3.05, 3.63) is 59.9 Å². The second-order valence-electron chi connectivity index (χ2n) is 9.04. The zero-order chi connectivity index (χ0) is 23.3. The van der Waals surface area contributed by atoms with E-state index in [9.17, 15) is 5.11 Å². The van der Waals surface area contributed by atoms with Crippen molar-refractivity contribution in [1.82, 2.24) is 19.7 Å². The quantitative estimate of drug-likeness (QED) is 0.471. The molecule has 180 valence electrons. The fourth-order valence-corrected chi connectivity index (χ4v) is 5.81. The molecule has 2 fully saturated rings. The van der Waals surface area contributed by atoms with Crippen molar-refractivity contribution < 1.29 is 14.6 Å². The van der Waals surface area contributed by atoms with Crippen LogP contribution in [-0.2, 0) is 11.3 Å². The van der Waals surface area contributed by atoms with E-state index < -0.39 is 0 Å². The third-order valence-electron chi connectivity index (χ3n) is 6.69. The van der Waals surface area contributed by atoms with Crippen LogP contribution in [0, 0.1) is 0 Å². The number of phenolic OH excluding ortho intramolecular Hbond substituents is 1. The van der Waals surface area contributed by atoms with Crippen molar-refractivity contribution in [3.63, 3.8) is 0 Å². The Hall–Kier alpha value is -2.55. The van der Waals surface area contributed by atoms with Gasteiger partial charge in [-0.05, 0) is 68.6 Å². The maximum Gasteiger partial charge on any atom is 0.195 e. The summed E-state index contributed by atoms with van der Waals surface area (Å²) < 4.78 is 13.5. The van der Waals surface area contributed by atoms with E-state index in [1.54, 1.807) is 31.0 Å². The van der Waals surface area contributed by atoms with Crippen molar-refractivity contribution in [2.45, 2.75) is 49.4 Å². The Morgan fingerprint density at radius 3 is 2.65 bits per heavy atom. The molecule has 2 saturated heterocycles. The number of piperidine rings is 1. The van der Waals surface area contributed by atoms with Crippen LogP contribution < -0.4 is 4.74 Å². The second-order valence-corrected chi connectivity index (χ2v) is 10.0. The van der Waals surface area contributed by atoms with Crippen LogP contribution in [0.25, 0.3) is 5.69 Å². The van der Waals surface area contributed by atoms with Gasteiger partial charge in [0.2, 0.25) is 0 Å². The molecule has 2 aromatic carbocycles. The Morgan fingerprint density at radius 2 is 1.91 bits per heavy atom. The van der Waals surface area contributed by atoms with E-state index >= 15 is 0 Å². The number of aromatic hydroxyl groups is 1. The zero-order valence-electron chi connectivity index (χ0n) is 19.6. The Balaban J connectivity index is 1.32. The van der Waals surface area contributed by atoms with Gasteiger partial charge in [-0.1, -0.05) is 30.0 Å². The van der Waals surface area contributed by atoms with Gasteiger partial charge >= 0.3 is 0 Å². The third-order valence-corrected chi connectivity index (χ3v) is 7.75. The van der Waals surface area contributed by atoms with E-state index in [0.717, 1.165) is 80.1 Å². The van der Waals surface area contributed by atoms with E-state index in [1.807, 2.05) is 24.3 Å². The highest BCUT2D eigenvalue weighted by molar-refractivity contribution is 7.99. The lowest BCUT2D eigenvalue weighted by Crippen LogP contribution is -2.33. The van der Waals surface area contributed by atoms with E-state index in [-0.39, 0.29) is 0 Å². The molecule has 1 N–H and O–H groups in total. The summed E-state index contributed by atoms with van der Waals surface area (Å²) in [4.78, 5) is 2.47. The minimum atomic E-state index is 0.298. The highest BCUT2D eigenvalue weighted by atomic mass is 32.2. The molecule has 2 aliphatic heterocycles. The first-order valence-electron chi connectivity index (χ1n) is 12.0. The van der Waals surface area contributed by atoms with Crippen LogP contribution in [0.4, 0.5) is 0 Å². The van der Waals surface area contributed by atoms with Gasteiger partial charge in [-0.2, -0.15) is 0 Å². The average molecular weight is 481 g/mol. The Kier molecular flexibility index (Phi) is 7.37. The molecule has 0 bridgehead atoms. The van der Waals surface area contributed by atoms with Crippen LogP contribution in [0.3, 0.4) is 0 Å². The number of phenols is 1. The SMILES string of the molecule is COc1cccc(-n2c(SC[C@@H]3CCCO3)nnc2C2CCN(Cc3ccc(O)cc3)CC2)c1. The van der Waals surface area contributed by atoms with E-state index in [1.165, 1.54) is 5.56 Å². The van der Waals surface area contributed by atoms with E-state index in [2.05, 4.69) is 26.7 Å². The van der Waals surface area contributed by atoms with Crippen LogP contribution >= 0.6 is 11.8 Å². The molecule has 1 aromatic heterocycles. The summed E-state index contributed by atoms with van der Waals surface area (Å²) in [5, 5.41) is 19.8. The monoisotopic (exact) mass is 480 g/mol. The zero-order valence-corrected chi connectivity index (χ0v) is 20.4. The molecular formula is C26H32N4O3S. The van der Waals surface area contributed by atoms with Crippen LogP contribution in [0.1, 0.15) is 43.0 Å². The maximum absolute atomic E-state index is 9.53. The number of benzene rings is 2. The fraction of sp³-hybridized carbons (Fsp3) is 0.462. The standard InChI is InChI=1S/C26H32N4O3S/c1-32-23-5-2-4-21(16-23)30-25(27-28-26(30)34-18-24-6-3-15-33-24)20-11-13-29(14-12-20)17-19-7-9-22(31)10-8-19/h2,4-5,7-10,16,20,24,31H,3,6,11-15,17-18H2,1H3/t24-/m0/s1. The van der Waals surface area contributed by atoms with Gasteiger partial charge in [-0.3, -0.25) is 9.47 Å². The Morgan fingerprint density at radius 1 is 1.09 bits per heavy atom. The molecule has 5 rings (SSSR count). The smallest absolute Gasteiger partial charge is 0.195 e. The van der Waals surface area contributed by atoms with Crippen molar-refractivity contribution in [1.29, 1.82) is 0 Å². The molecule has 34 heavy (non-hydrogen) atoms. The van der Waals surface area contributed by atoms with Gasteiger partial charge in [-0.25, -0.2) is 0 Å². The summed E-state index contributed by atoms with van der Waals surface area (Å²) in [6.07, 6.45) is 4.63. The lowest BCUT2D eigenvalue weighted by Gasteiger charge is -2.31. The van der Waals surface area contributed by atoms with Gasteiger partial charge < -0.3 is 14.6 Å². The molecule has 3 heterocycles. The largest absolute Gasteiger partial charge is 0.508 e. The minimum Gasteiger partial charge on any atom is -0.508 e. The topological polar surface area (TPSA) is 72.6 Å². The second kappa shape index (κ2) is 10.8. The summed E-state index contributed by atoms with van der Waals surface area (Å²) in [6.45, 7) is 3.78. The number of rotatable bonds is 8. The molecule has 0 radical (unpaired) electrons. The van der Waals surface area contributed by atoms with Crippen molar-refractivity contribution in [3.8, 4) is 17.2 Å². The Bertz CT molecular complexity index is 1070. The molecule has 2 aliphatic rings. The molecule has 7 nitrogen and oxygen atoms in total. The van der Waals surface area contributed by atoms with Crippen molar-refractivity contribution in [2.24, 2.45) is 0 Å². The first kappa shape index (κ1) is 23.2. The van der Waals surface area contributed by atoms with Crippen molar-refractivity contribution in [2.75, 3.05) is 32.6 Å². The van der Waals surface area contributed by atoms with Gasteiger partial charge in [0, 0.05) is 30.9 Å². The van der Waals surface area contributed by atoms with Gasteiger partial charge in [-0.15, -0.1) is 10.2 Å². The number of hydrogen-bond donors (Lipinski definition) is 1. The molecular weight excluding hydrogens is 448 g/mol. The van der Waals surface area contributed by atoms with Gasteiger partial charge in [0.15, 0.2) is 5.16 Å². The first-order chi connectivity index (χ1) is 16.7. The highest BCUT2D eigenvalue weighted by Gasteiger charge is 2.28. The summed E-state index contributed by atoms with van der Waals surface area (Å²) in [5.41, 5.74) is 2.27. The van der Waals surface area contributed by atoms with Crippen LogP contribution in [-0.4, -0.2) is 63.4 Å². The normalized spacial score (nSPS) is 19.5. The molecule has 0 saturated carbocycles. The molecule has 8 heteroatoms.